The number of para-hydroxylation sites is 1. The molecular formula is C22H22ClN3O5. The first-order valence-electron chi connectivity index (χ1n) is 9.63. The minimum Gasteiger partial charge on any atom is -0.461 e. The fourth-order valence-corrected chi connectivity index (χ4v) is 3.67. The van der Waals surface area contributed by atoms with Crippen molar-refractivity contribution < 1.29 is 23.9 Å². The van der Waals surface area contributed by atoms with E-state index < -0.39 is 24.3 Å². The van der Waals surface area contributed by atoms with Crippen LogP contribution in [0.3, 0.4) is 0 Å². The molecular weight excluding hydrogens is 422 g/mol. The average molecular weight is 444 g/mol. The van der Waals surface area contributed by atoms with E-state index in [4.69, 9.17) is 21.1 Å². The third-order valence-electron chi connectivity index (χ3n) is 4.74. The van der Waals surface area contributed by atoms with Gasteiger partial charge in [-0.1, -0.05) is 29.8 Å². The molecule has 0 fully saturated rings. The van der Waals surface area contributed by atoms with Gasteiger partial charge in [0.2, 0.25) is 5.78 Å². The average Bonchev–Trinajstić information content (AvgIpc) is 3.21. The third kappa shape index (κ3) is 4.39. The van der Waals surface area contributed by atoms with Crippen molar-refractivity contribution >= 4 is 29.3 Å². The maximum atomic E-state index is 12.7. The summed E-state index contributed by atoms with van der Waals surface area (Å²) >= 11 is 6.37. The van der Waals surface area contributed by atoms with Gasteiger partial charge in [-0.15, -0.1) is 0 Å². The van der Waals surface area contributed by atoms with Crippen LogP contribution >= 0.6 is 11.6 Å². The van der Waals surface area contributed by atoms with Crippen LogP contribution in [0.5, 0.6) is 0 Å². The van der Waals surface area contributed by atoms with Crippen molar-refractivity contribution in [3.05, 3.63) is 69.3 Å². The number of aryl methyl sites for hydroxylation is 2. The standard InChI is InChI=1S/C22H22ClN3O5/c1-5-30-22(29)19-12(2)17(13(3)24-19)16(27)11-31-21(28)18-14(4)25-26(20(18)23)15-9-7-6-8-10-15/h6-10,24H,5,11H2,1-4H3. The predicted molar refractivity (Wildman–Crippen MR) is 114 cm³/mol. The number of ketones is 1. The largest absolute Gasteiger partial charge is 0.461 e. The van der Waals surface area contributed by atoms with Crippen LogP contribution < -0.4 is 0 Å². The second-order valence-electron chi connectivity index (χ2n) is 6.84. The molecule has 0 unspecified atom stereocenters. The van der Waals surface area contributed by atoms with Gasteiger partial charge in [0.1, 0.15) is 16.4 Å². The molecule has 0 saturated carbocycles. The van der Waals surface area contributed by atoms with E-state index in [0.717, 1.165) is 0 Å². The predicted octanol–water partition coefficient (Wildman–Crippen LogP) is 4.00. The lowest BCUT2D eigenvalue weighted by molar-refractivity contribution is 0.0472. The molecule has 3 aromatic rings. The van der Waals surface area contributed by atoms with Gasteiger partial charge in [0, 0.05) is 11.3 Å². The lowest BCUT2D eigenvalue weighted by Gasteiger charge is -2.06. The van der Waals surface area contributed by atoms with Crippen molar-refractivity contribution in [1.82, 2.24) is 14.8 Å². The fraction of sp³-hybridized carbons (Fsp3) is 0.273. The van der Waals surface area contributed by atoms with Crippen molar-refractivity contribution in [3.63, 3.8) is 0 Å². The van der Waals surface area contributed by atoms with E-state index >= 15 is 0 Å². The van der Waals surface area contributed by atoms with Gasteiger partial charge in [-0.05, 0) is 45.4 Å². The summed E-state index contributed by atoms with van der Waals surface area (Å²) < 4.78 is 11.6. The zero-order valence-electron chi connectivity index (χ0n) is 17.6. The number of benzene rings is 1. The molecule has 2 aromatic heterocycles. The molecule has 0 aliphatic rings. The summed E-state index contributed by atoms with van der Waals surface area (Å²) in [7, 11) is 0. The molecule has 2 heterocycles. The number of ether oxygens (including phenoxy) is 2. The molecule has 0 saturated heterocycles. The maximum absolute atomic E-state index is 12.7. The molecule has 0 bridgehead atoms. The number of aromatic nitrogens is 3. The zero-order valence-corrected chi connectivity index (χ0v) is 18.4. The van der Waals surface area contributed by atoms with Crippen molar-refractivity contribution in [2.45, 2.75) is 27.7 Å². The SMILES string of the molecule is CCOC(=O)c1[nH]c(C)c(C(=O)COC(=O)c2c(C)nn(-c3ccccc3)c2Cl)c1C. The number of hydrogen-bond acceptors (Lipinski definition) is 6. The van der Waals surface area contributed by atoms with E-state index in [9.17, 15) is 14.4 Å². The third-order valence-corrected chi connectivity index (χ3v) is 5.09. The molecule has 0 amide bonds. The van der Waals surface area contributed by atoms with Crippen LogP contribution in [0.15, 0.2) is 30.3 Å². The van der Waals surface area contributed by atoms with Gasteiger partial charge >= 0.3 is 11.9 Å². The van der Waals surface area contributed by atoms with Crippen LogP contribution in [0, 0.1) is 20.8 Å². The summed E-state index contributed by atoms with van der Waals surface area (Å²) in [6.07, 6.45) is 0. The molecule has 0 spiro atoms. The molecule has 9 heteroatoms. The van der Waals surface area contributed by atoms with Crippen molar-refractivity contribution in [1.29, 1.82) is 0 Å². The molecule has 0 radical (unpaired) electrons. The minimum atomic E-state index is -0.755. The van der Waals surface area contributed by atoms with Crippen LogP contribution in [0.4, 0.5) is 0 Å². The lowest BCUT2D eigenvalue weighted by Crippen LogP contribution is -2.16. The number of nitrogens with one attached hydrogen (secondary N) is 1. The summed E-state index contributed by atoms with van der Waals surface area (Å²) in [6, 6.07) is 9.11. The number of halogens is 1. The van der Waals surface area contributed by atoms with E-state index in [1.54, 1.807) is 39.8 Å². The monoisotopic (exact) mass is 443 g/mol. The van der Waals surface area contributed by atoms with E-state index in [-0.39, 0.29) is 23.0 Å². The highest BCUT2D eigenvalue weighted by atomic mass is 35.5. The van der Waals surface area contributed by atoms with Crippen molar-refractivity contribution in [3.8, 4) is 5.69 Å². The summed E-state index contributed by atoms with van der Waals surface area (Å²) in [4.78, 5) is 40.2. The Hall–Kier alpha value is -3.39. The Morgan fingerprint density at radius 2 is 1.71 bits per heavy atom. The molecule has 162 valence electrons. The second-order valence-corrected chi connectivity index (χ2v) is 7.20. The Bertz CT molecular complexity index is 1150. The van der Waals surface area contributed by atoms with E-state index in [2.05, 4.69) is 10.1 Å². The molecule has 0 aliphatic carbocycles. The molecule has 1 N–H and O–H groups in total. The first-order chi connectivity index (χ1) is 14.8. The molecule has 0 atom stereocenters. The quantitative estimate of drug-likeness (QED) is 0.437. The van der Waals surface area contributed by atoms with Crippen LogP contribution in [-0.4, -0.2) is 45.7 Å². The number of Topliss-reactive ketones (excluding diaryl/α,β-unsaturated/α-hetero) is 1. The number of carbonyl (C=O) groups is 3. The fourth-order valence-electron chi connectivity index (χ4n) is 3.32. The van der Waals surface area contributed by atoms with Crippen LogP contribution in [0.1, 0.15) is 55.1 Å². The van der Waals surface area contributed by atoms with Gasteiger partial charge in [0.05, 0.1) is 18.0 Å². The van der Waals surface area contributed by atoms with Crippen molar-refractivity contribution in [2.24, 2.45) is 0 Å². The van der Waals surface area contributed by atoms with E-state index in [1.165, 1.54) is 4.68 Å². The van der Waals surface area contributed by atoms with E-state index in [1.807, 2.05) is 18.2 Å². The normalized spacial score (nSPS) is 10.7. The summed E-state index contributed by atoms with van der Waals surface area (Å²) in [6.45, 7) is 6.34. The molecule has 1 aromatic carbocycles. The van der Waals surface area contributed by atoms with Gasteiger partial charge in [0.25, 0.3) is 0 Å². The maximum Gasteiger partial charge on any atom is 0.355 e. The lowest BCUT2D eigenvalue weighted by atomic mass is 10.1. The van der Waals surface area contributed by atoms with Crippen LogP contribution in [0.2, 0.25) is 5.15 Å². The van der Waals surface area contributed by atoms with Gasteiger partial charge < -0.3 is 14.5 Å². The number of carbonyl (C=O) groups excluding carboxylic acids is 3. The number of nitrogens with zero attached hydrogens (tertiary/aromatic N) is 2. The van der Waals surface area contributed by atoms with Crippen molar-refractivity contribution in [2.75, 3.05) is 13.2 Å². The smallest absolute Gasteiger partial charge is 0.355 e. The zero-order chi connectivity index (χ0) is 22.7. The molecule has 31 heavy (non-hydrogen) atoms. The molecule has 0 aliphatic heterocycles. The Balaban J connectivity index is 1.77. The number of rotatable bonds is 7. The Morgan fingerprint density at radius 3 is 2.35 bits per heavy atom. The van der Waals surface area contributed by atoms with E-state index in [0.29, 0.717) is 28.2 Å². The summed E-state index contributed by atoms with van der Waals surface area (Å²) in [5.41, 5.74) is 2.60. The van der Waals surface area contributed by atoms with Crippen LogP contribution in [0.25, 0.3) is 5.69 Å². The Morgan fingerprint density at radius 1 is 1.03 bits per heavy atom. The van der Waals surface area contributed by atoms with Crippen LogP contribution in [-0.2, 0) is 9.47 Å². The number of esters is 2. The summed E-state index contributed by atoms with van der Waals surface area (Å²) in [5.74, 6) is -1.75. The van der Waals surface area contributed by atoms with Gasteiger partial charge in [-0.25, -0.2) is 14.3 Å². The second kappa shape index (κ2) is 9.18. The number of aromatic amines is 1. The minimum absolute atomic E-state index is 0.0908. The molecule has 3 rings (SSSR count). The Labute approximate surface area is 184 Å². The van der Waals surface area contributed by atoms with Gasteiger partial charge in [0.15, 0.2) is 6.61 Å². The number of H-pyrrole nitrogens is 1. The van der Waals surface area contributed by atoms with Gasteiger partial charge in [-0.2, -0.15) is 5.10 Å². The highest BCUT2D eigenvalue weighted by Gasteiger charge is 2.26. The topological polar surface area (TPSA) is 103 Å². The highest BCUT2D eigenvalue weighted by Crippen LogP contribution is 2.25. The summed E-state index contributed by atoms with van der Waals surface area (Å²) in [5, 5.41) is 4.39. The first-order valence-corrected chi connectivity index (χ1v) is 10.0. The molecule has 8 nitrogen and oxygen atoms in total. The van der Waals surface area contributed by atoms with Gasteiger partial charge in [-0.3, -0.25) is 4.79 Å². The Kier molecular flexibility index (Phi) is 6.60. The highest BCUT2D eigenvalue weighted by molar-refractivity contribution is 6.33. The number of hydrogen-bond donors (Lipinski definition) is 1. The first kappa shape index (κ1) is 22.3.